The first-order valence-corrected chi connectivity index (χ1v) is 3.75. The second-order valence-electron chi connectivity index (χ2n) is 3.02. The number of carbonyl (C=O) groups is 2. The average Bonchev–Trinajstić information content (AvgIpc) is 1.98. The Balaban J connectivity index is 2.56. The summed E-state index contributed by atoms with van der Waals surface area (Å²) in [7, 11) is 0. The minimum Gasteiger partial charge on any atom is -0.461 e. The van der Waals surface area contributed by atoms with Crippen LogP contribution in [-0.4, -0.2) is 29.9 Å². The summed E-state index contributed by atoms with van der Waals surface area (Å²) in [6, 6.07) is -1.82. The quantitative estimate of drug-likeness (QED) is 0.498. The number of ether oxygens (including phenoxy) is 1. The first-order valence-electron chi connectivity index (χ1n) is 3.75. The SMILES string of the molecule is CC(C)OC(=O)[C@H]1NC(=O)C1(F)F. The van der Waals surface area contributed by atoms with Crippen LogP contribution in [0.2, 0.25) is 0 Å². The van der Waals surface area contributed by atoms with Crippen LogP contribution in [-0.2, 0) is 14.3 Å². The average molecular weight is 193 g/mol. The van der Waals surface area contributed by atoms with E-state index in [0.717, 1.165) is 0 Å². The van der Waals surface area contributed by atoms with E-state index in [1.807, 2.05) is 0 Å². The lowest BCUT2D eigenvalue weighted by Gasteiger charge is -2.34. The monoisotopic (exact) mass is 193 g/mol. The molecule has 1 heterocycles. The second kappa shape index (κ2) is 2.93. The number of nitrogens with one attached hydrogen (secondary N) is 1. The Morgan fingerprint density at radius 2 is 2.15 bits per heavy atom. The second-order valence-corrected chi connectivity index (χ2v) is 3.02. The predicted octanol–water partition coefficient (Wildman–Crippen LogP) is 0.0717. The topological polar surface area (TPSA) is 55.4 Å². The molecule has 13 heavy (non-hydrogen) atoms. The van der Waals surface area contributed by atoms with Crippen LogP contribution < -0.4 is 5.32 Å². The molecule has 4 nitrogen and oxygen atoms in total. The van der Waals surface area contributed by atoms with E-state index in [1.54, 1.807) is 5.32 Å². The van der Waals surface area contributed by atoms with Gasteiger partial charge in [-0.25, -0.2) is 4.79 Å². The molecular formula is C7H9F2NO3. The van der Waals surface area contributed by atoms with Gasteiger partial charge in [0.05, 0.1) is 6.10 Å². The molecule has 74 valence electrons. The molecule has 1 N–H and O–H groups in total. The van der Waals surface area contributed by atoms with Crippen molar-refractivity contribution in [2.45, 2.75) is 31.9 Å². The number of hydrogen-bond acceptors (Lipinski definition) is 3. The van der Waals surface area contributed by atoms with Crippen molar-refractivity contribution >= 4 is 11.9 Å². The lowest BCUT2D eigenvalue weighted by Crippen LogP contribution is -2.71. The number of β-lactam (4-membered cyclic amide) rings is 1. The first kappa shape index (κ1) is 9.88. The van der Waals surface area contributed by atoms with Crippen molar-refractivity contribution in [2.24, 2.45) is 0 Å². The van der Waals surface area contributed by atoms with Gasteiger partial charge < -0.3 is 10.1 Å². The predicted molar refractivity (Wildman–Crippen MR) is 38.1 cm³/mol. The van der Waals surface area contributed by atoms with Crippen LogP contribution in [0.1, 0.15) is 13.8 Å². The van der Waals surface area contributed by atoms with E-state index in [2.05, 4.69) is 4.74 Å². The maximum Gasteiger partial charge on any atom is 0.354 e. The van der Waals surface area contributed by atoms with E-state index >= 15 is 0 Å². The number of carbonyl (C=O) groups excluding carboxylic acids is 2. The van der Waals surface area contributed by atoms with Crippen molar-refractivity contribution < 1.29 is 23.1 Å². The zero-order valence-corrected chi connectivity index (χ0v) is 7.14. The summed E-state index contributed by atoms with van der Waals surface area (Å²) in [5.41, 5.74) is 0. The van der Waals surface area contributed by atoms with Crippen molar-refractivity contribution in [3.8, 4) is 0 Å². The lowest BCUT2D eigenvalue weighted by molar-refractivity contribution is -0.186. The molecule has 0 bridgehead atoms. The zero-order valence-electron chi connectivity index (χ0n) is 7.14. The summed E-state index contributed by atoms with van der Waals surface area (Å²) < 4.78 is 29.7. The van der Waals surface area contributed by atoms with E-state index in [0.29, 0.717) is 0 Å². The molecule has 1 atom stereocenters. The largest absolute Gasteiger partial charge is 0.461 e. The van der Waals surface area contributed by atoms with Gasteiger partial charge in [-0.1, -0.05) is 0 Å². The Morgan fingerprint density at radius 1 is 1.62 bits per heavy atom. The fourth-order valence-electron chi connectivity index (χ4n) is 0.879. The highest BCUT2D eigenvalue weighted by atomic mass is 19.3. The van der Waals surface area contributed by atoms with Gasteiger partial charge in [0.25, 0.3) is 5.91 Å². The first-order chi connectivity index (χ1) is 5.85. The summed E-state index contributed by atoms with van der Waals surface area (Å²) in [5.74, 6) is -6.15. The van der Waals surface area contributed by atoms with Crippen LogP contribution in [0.4, 0.5) is 8.78 Å². The number of esters is 1. The highest BCUT2D eigenvalue weighted by molar-refractivity contribution is 6.01. The highest BCUT2D eigenvalue weighted by Gasteiger charge is 2.62. The molecule has 1 fully saturated rings. The number of hydrogen-bond donors (Lipinski definition) is 1. The molecule has 0 radical (unpaired) electrons. The molecule has 1 rings (SSSR count). The Morgan fingerprint density at radius 3 is 2.46 bits per heavy atom. The minimum absolute atomic E-state index is 0.471. The van der Waals surface area contributed by atoms with Gasteiger partial charge in [0.1, 0.15) is 0 Å². The lowest BCUT2D eigenvalue weighted by atomic mass is 10.0. The third kappa shape index (κ3) is 1.61. The minimum atomic E-state index is -3.62. The van der Waals surface area contributed by atoms with Gasteiger partial charge in [0, 0.05) is 0 Å². The van der Waals surface area contributed by atoms with Gasteiger partial charge in [0.15, 0.2) is 0 Å². The summed E-state index contributed by atoms with van der Waals surface area (Å²) in [6.07, 6.45) is -0.471. The van der Waals surface area contributed by atoms with Gasteiger partial charge in [-0.2, -0.15) is 8.78 Å². The number of amides is 1. The number of rotatable bonds is 2. The van der Waals surface area contributed by atoms with Gasteiger partial charge in [0.2, 0.25) is 6.04 Å². The van der Waals surface area contributed by atoms with Gasteiger partial charge in [-0.05, 0) is 13.8 Å². The number of alkyl halides is 2. The molecule has 0 aromatic rings. The van der Waals surface area contributed by atoms with Gasteiger partial charge in [-0.3, -0.25) is 4.79 Å². The molecule has 0 saturated carbocycles. The van der Waals surface area contributed by atoms with Crippen molar-refractivity contribution in [1.29, 1.82) is 0 Å². The molecule has 0 aromatic heterocycles. The van der Waals surface area contributed by atoms with E-state index in [4.69, 9.17) is 0 Å². The Kier molecular flexibility index (Phi) is 2.23. The molecule has 1 amide bonds. The molecule has 1 aliphatic heterocycles. The van der Waals surface area contributed by atoms with Crippen LogP contribution in [0, 0.1) is 0 Å². The molecule has 6 heteroatoms. The van der Waals surface area contributed by atoms with E-state index < -0.39 is 29.9 Å². The van der Waals surface area contributed by atoms with Gasteiger partial charge >= 0.3 is 11.9 Å². The molecule has 1 aliphatic rings. The third-order valence-electron chi connectivity index (χ3n) is 1.53. The maximum atomic E-state index is 12.6. The smallest absolute Gasteiger partial charge is 0.354 e. The molecule has 0 aliphatic carbocycles. The Labute approximate surface area is 73.2 Å². The van der Waals surface area contributed by atoms with Gasteiger partial charge in [-0.15, -0.1) is 0 Å². The molecule has 0 unspecified atom stereocenters. The van der Waals surface area contributed by atoms with Crippen molar-refractivity contribution in [1.82, 2.24) is 5.32 Å². The molecule has 0 spiro atoms. The van der Waals surface area contributed by atoms with Crippen LogP contribution in [0.3, 0.4) is 0 Å². The number of halogens is 2. The van der Waals surface area contributed by atoms with E-state index in [-0.39, 0.29) is 0 Å². The maximum absolute atomic E-state index is 12.6. The summed E-state index contributed by atoms with van der Waals surface area (Å²) in [4.78, 5) is 21.2. The molecular weight excluding hydrogens is 184 g/mol. The Hall–Kier alpha value is -1.20. The van der Waals surface area contributed by atoms with Crippen molar-refractivity contribution in [2.75, 3.05) is 0 Å². The van der Waals surface area contributed by atoms with E-state index in [1.165, 1.54) is 13.8 Å². The van der Waals surface area contributed by atoms with Crippen LogP contribution >= 0.6 is 0 Å². The molecule has 1 saturated heterocycles. The van der Waals surface area contributed by atoms with Crippen LogP contribution in [0.5, 0.6) is 0 Å². The normalized spacial score (nSPS) is 25.0. The molecule has 0 aromatic carbocycles. The third-order valence-corrected chi connectivity index (χ3v) is 1.53. The fourth-order valence-corrected chi connectivity index (χ4v) is 0.879. The van der Waals surface area contributed by atoms with Crippen LogP contribution in [0.15, 0.2) is 0 Å². The van der Waals surface area contributed by atoms with Crippen molar-refractivity contribution in [3.63, 3.8) is 0 Å². The summed E-state index contributed by atoms with van der Waals surface area (Å²) in [6.45, 7) is 3.08. The Bertz CT molecular complexity index is 252. The standard InChI is InChI=1S/C7H9F2NO3/c1-3(2)13-5(11)4-7(8,9)6(12)10-4/h3-4H,1-2H3,(H,10,12)/t4-/m1/s1. The summed E-state index contributed by atoms with van der Waals surface area (Å²) in [5, 5.41) is 1.77. The zero-order chi connectivity index (χ0) is 10.2. The summed E-state index contributed by atoms with van der Waals surface area (Å²) >= 11 is 0. The fraction of sp³-hybridized carbons (Fsp3) is 0.714. The highest BCUT2D eigenvalue weighted by Crippen LogP contribution is 2.28. The van der Waals surface area contributed by atoms with Crippen molar-refractivity contribution in [3.05, 3.63) is 0 Å². The van der Waals surface area contributed by atoms with Crippen LogP contribution in [0.25, 0.3) is 0 Å². The van der Waals surface area contributed by atoms with E-state index in [9.17, 15) is 18.4 Å².